The van der Waals surface area contributed by atoms with Crippen LogP contribution in [0, 0.1) is 0 Å². The zero-order valence-electron chi connectivity index (χ0n) is 8.60. The summed E-state index contributed by atoms with van der Waals surface area (Å²) in [6.07, 6.45) is 4.72. The molecule has 5 nitrogen and oxygen atoms in total. The van der Waals surface area contributed by atoms with Gasteiger partial charge < -0.3 is 15.5 Å². The van der Waals surface area contributed by atoms with Gasteiger partial charge in [-0.25, -0.2) is 4.79 Å². The van der Waals surface area contributed by atoms with Crippen LogP contribution in [-0.2, 0) is 4.79 Å². The van der Waals surface area contributed by atoms with Crippen molar-refractivity contribution < 1.29 is 15.0 Å². The summed E-state index contributed by atoms with van der Waals surface area (Å²) in [6.45, 7) is 2.26. The van der Waals surface area contributed by atoms with Gasteiger partial charge in [-0.15, -0.1) is 0 Å². The molecule has 0 aliphatic carbocycles. The molecule has 0 saturated heterocycles. The molecule has 0 aromatic heterocycles. The fourth-order valence-corrected chi connectivity index (χ4v) is 1.29. The lowest BCUT2D eigenvalue weighted by molar-refractivity contribution is -0.133. The van der Waals surface area contributed by atoms with Crippen molar-refractivity contribution >= 4 is 5.97 Å². The molecule has 0 amide bonds. The number of rotatable bonds is 5. The third-order valence-corrected chi connectivity index (χ3v) is 2.10. The minimum Gasteiger partial charge on any atom is -0.478 e. The van der Waals surface area contributed by atoms with Crippen molar-refractivity contribution in [3.8, 4) is 0 Å². The maximum atomic E-state index is 10.8. The average molecular weight is 212 g/mol. The zero-order chi connectivity index (χ0) is 11.3. The summed E-state index contributed by atoms with van der Waals surface area (Å²) in [6, 6.07) is 0. The highest BCUT2D eigenvalue weighted by molar-refractivity contribution is 5.88. The number of hydrogen-bond acceptors (Lipinski definition) is 4. The van der Waals surface area contributed by atoms with Gasteiger partial charge in [0, 0.05) is 0 Å². The number of aliphatic hydroxyl groups excluding tert-OH is 1. The maximum absolute atomic E-state index is 10.8. The van der Waals surface area contributed by atoms with Crippen molar-refractivity contribution in [2.75, 3.05) is 6.54 Å². The van der Waals surface area contributed by atoms with E-state index in [0.717, 1.165) is 0 Å². The lowest BCUT2D eigenvalue weighted by Crippen LogP contribution is -2.45. The van der Waals surface area contributed by atoms with Crippen LogP contribution in [-0.4, -0.2) is 35.0 Å². The molecule has 1 aliphatic heterocycles. The van der Waals surface area contributed by atoms with Crippen molar-refractivity contribution in [3.63, 3.8) is 0 Å². The molecule has 0 saturated carbocycles. The molecule has 84 valence electrons. The van der Waals surface area contributed by atoms with E-state index >= 15 is 0 Å². The molecule has 0 aromatic carbocycles. The number of aliphatic hydroxyl groups is 1. The number of carbonyl (C=O) groups is 1. The van der Waals surface area contributed by atoms with Crippen LogP contribution in [0.5, 0.6) is 0 Å². The van der Waals surface area contributed by atoms with E-state index in [1.165, 1.54) is 0 Å². The Kier molecular flexibility index (Phi) is 4.33. The first kappa shape index (κ1) is 11.7. The van der Waals surface area contributed by atoms with Crippen molar-refractivity contribution in [2.45, 2.75) is 25.6 Å². The molecule has 1 aliphatic rings. The van der Waals surface area contributed by atoms with E-state index in [2.05, 4.69) is 10.6 Å². The molecule has 0 spiro atoms. The van der Waals surface area contributed by atoms with Crippen molar-refractivity contribution in [2.24, 2.45) is 0 Å². The molecule has 0 aromatic rings. The number of aliphatic carboxylic acids is 1. The highest BCUT2D eigenvalue weighted by Crippen LogP contribution is 2.05. The molecular weight excluding hydrogens is 196 g/mol. The van der Waals surface area contributed by atoms with Gasteiger partial charge in [0.15, 0.2) is 0 Å². The molecule has 2 atom stereocenters. The summed E-state index contributed by atoms with van der Waals surface area (Å²) in [5, 5.41) is 23.9. The van der Waals surface area contributed by atoms with Gasteiger partial charge in [-0.1, -0.05) is 0 Å². The minimum atomic E-state index is -0.943. The second-order valence-corrected chi connectivity index (χ2v) is 3.48. The van der Waals surface area contributed by atoms with Crippen LogP contribution in [0.4, 0.5) is 0 Å². The van der Waals surface area contributed by atoms with E-state index in [9.17, 15) is 4.79 Å². The Bertz CT molecular complexity index is 284. The van der Waals surface area contributed by atoms with Gasteiger partial charge in [-0.3, -0.25) is 5.32 Å². The Hall–Kier alpha value is -1.33. The predicted octanol–water partition coefficient (Wildman–Crippen LogP) is -0.199. The molecule has 0 radical (unpaired) electrons. The van der Waals surface area contributed by atoms with Crippen molar-refractivity contribution in [1.82, 2.24) is 10.6 Å². The Morgan fingerprint density at radius 1 is 1.73 bits per heavy atom. The SMILES string of the molecule is C[C@@H](O)CCNC1NC=CC=C1C(=O)O. The van der Waals surface area contributed by atoms with Crippen LogP contribution in [0.25, 0.3) is 0 Å². The smallest absolute Gasteiger partial charge is 0.335 e. The van der Waals surface area contributed by atoms with Crippen LogP contribution in [0.3, 0.4) is 0 Å². The van der Waals surface area contributed by atoms with Gasteiger partial charge in [0.05, 0.1) is 11.7 Å². The number of dihydropyridines is 1. The fraction of sp³-hybridized carbons (Fsp3) is 0.500. The number of hydrogen-bond donors (Lipinski definition) is 4. The lowest BCUT2D eigenvalue weighted by Gasteiger charge is -2.22. The quantitative estimate of drug-likeness (QED) is 0.507. The molecule has 1 rings (SSSR count). The first-order valence-corrected chi connectivity index (χ1v) is 4.89. The summed E-state index contributed by atoms with van der Waals surface area (Å²) in [7, 11) is 0. The molecule has 15 heavy (non-hydrogen) atoms. The summed E-state index contributed by atoms with van der Waals surface area (Å²) in [5.41, 5.74) is 0.281. The largest absolute Gasteiger partial charge is 0.478 e. The van der Waals surface area contributed by atoms with Gasteiger partial charge in [0.1, 0.15) is 6.17 Å². The number of carboxylic acids is 1. The van der Waals surface area contributed by atoms with E-state index < -0.39 is 5.97 Å². The van der Waals surface area contributed by atoms with Crippen LogP contribution in [0.15, 0.2) is 23.9 Å². The first-order chi connectivity index (χ1) is 7.11. The Morgan fingerprint density at radius 2 is 2.47 bits per heavy atom. The van der Waals surface area contributed by atoms with Crippen molar-refractivity contribution in [1.29, 1.82) is 0 Å². The first-order valence-electron chi connectivity index (χ1n) is 4.89. The number of nitrogens with one attached hydrogen (secondary N) is 2. The summed E-state index contributed by atoms with van der Waals surface area (Å²) < 4.78 is 0. The second-order valence-electron chi connectivity index (χ2n) is 3.48. The average Bonchev–Trinajstić information content (AvgIpc) is 2.17. The Labute approximate surface area is 88.5 Å². The highest BCUT2D eigenvalue weighted by atomic mass is 16.4. The third-order valence-electron chi connectivity index (χ3n) is 2.10. The summed E-state index contributed by atoms with van der Waals surface area (Å²) >= 11 is 0. The van der Waals surface area contributed by atoms with E-state index in [1.54, 1.807) is 25.3 Å². The van der Waals surface area contributed by atoms with Gasteiger partial charge in [0.25, 0.3) is 0 Å². The normalized spacial score (nSPS) is 21.7. The predicted molar refractivity (Wildman–Crippen MR) is 56.1 cm³/mol. The number of allylic oxidation sites excluding steroid dienone is 2. The Balaban J connectivity index is 2.44. The van der Waals surface area contributed by atoms with Crippen LogP contribution in [0.1, 0.15) is 13.3 Å². The van der Waals surface area contributed by atoms with Crippen LogP contribution in [0.2, 0.25) is 0 Å². The van der Waals surface area contributed by atoms with Gasteiger partial charge in [0.2, 0.25) is 0 Å². The van der Waals surface area contributed by atoms with Crippen LogP contribution < -0.4 is 10.6 Å². The molecule has 1 unspecified atom stereocenters. The lowest BCUT2D eigenvalue weighted by atomic mass is 10.1. The molecule has 4 N–H and O–H groups in total. The molecule has 0 fully saturated rings. The van der Waals surface area contributed by atoms with E-state index in [1.807, 2.05) is 0 Å². The standard InChI is InChI=1S/C10H16N2O3/c1-7(13)4-6-12-9-8(10(14)15)3-2-5-11-9/h2-3,5,7,9,11-13H,4,6H2,1H3,(H,14,15)/t7-,9?/m1/s1. The fourth-order valence-electron chi connectivity index (χ4n) is 1.29. The third kappa shape index (κ3) is 3.73. The molecule has 1 heterocycles. The van der Waals surface area contributed by atoms with Crippen LogP contribution >= 0.6 is 0 Å². The Morgan fingerprint density at radius 3 is 3.07 bits per heavy atom. The topological polar surface area (TPSA) is 81.6 Å². The summed E-state index contributed by atoms with van der Waals surface area (Å²) in [4.78, 5) is 10.8. The monoisotopic (exact) mass is 212 g/mol. The maximum Gasteiger partial charge on any atom is 0.335 e. The molecular formula is C10H16N2O3. The minimum absolute atomic E-state index is 0.281. The van der Waals surface area contributed by atoms with Gasteiger partial charge >= 0.3 is 5.97 Å². The zero-order valence-corrected chi connectivity index (χ0v) is 8.60. The van der Waals surface area contributed by atoms with Gasteiger partial charge in [-0.2, -0.15) is 0 Å². The van der Waals surface area contributed by atoms with E-state index in [-0.39, 0.29) is 17.8 Å². The molecule has 5 heteroatoms. The van der Waals surface area contributed by atoms with Gasteiger partial charge in [-0.05, 0) is 38.2 Å². The van der Waals surface area contributed by atoms with E-state index in [4.69, 9.17) is 10.2 Å². The highest BCUT2D eigenvalue weighted by Gasteiger charge is 2.19. The number of carboxylic acid groups (broad SMARTS) is 1. The molecule has 0 bridgehead atoms. The second kappa shape index (κ2) is 5.53. The van der Waals surface area contributed by atoms with E-state index in [0.29, 0.717) is 13.0 Å². The van der Waals surface area contributed by atoms with Crippen molar-refractivity contribution in [3.05, 3.63) is 23.9 Å². The summed E-state index contributed by atoms with van der Waals surface area (Å²) in [5.74, 6) is -0.943.